The number of anilines is 1. The molecule has 5 heteroatoms. The number of nitrogens with one attached hydrogen (secondary N) is 1. The third kappa shape index (κ3) is 2.71. The molecular formula is C14H11NO4. The Morgan fingerprint density at radius 2 is 1.84 bits per heavy atom. The highest BCUT2D eigenvalue weighted by Crippen LogP contribution is 2.23. The Kier molecular flexibility index (Phi) is 3.47. The summed E-state index contributed by atoms with van der Waals surface area (Å²) in [6, 6.07) is 10.0. The number of benzene rings is 2. The molecule has 0 heterocycles. The van der Waals surface area contributed by atoms with Gasteiger partial charge < -0.3 is 15.5 Å². The van der Waals surface area contributed by atoms with Gasteiger partial charge in [0, 0.05) is 11.6 Å². The van der Waals surface area contributed by atoms with Crippen molar-refractivity contribution in [3.63, 3.8) is 0 Å². The van der Waals surface area contributed by atoms with Gasteiger partial charge in [0.15, 0.2) is 6.29 Å². The van der Waals surface area contributed by atoms with Crippen LogP contribution in [0.1, 0.15) is 20.7 Å². The van der Waals surface area contributed by atoms with Crippen LogP contribution in [0.4, 0.5) is 5.69 Å². The minimum absolute atomic E-state index is 0.0711. The standard InChI is InChI=1S/C14H11NO4/c16-8-9-5-6-10(17)7-12(9)15-14(19)11-3-1-2-4-13(11)18/h1-8,17-18H,(H,15,19). The third-order valence-electron chi connectivity index (χ3n) is 2.56. The van der Waals surface area contributed by atoms with Gasteiger partial charge in [-0.25, -0.2) is 0 Å². The van der Waals surface area contributed by atoms with Crippen LogP contribution in [0.25, 0.3) is 0 Å². The summed E-state index contributed by atoms with van der Waals surface area (Å²) in [6.07, 6.45) is 0.569. The van der Waals surface area contributed by atoms with Crippen molar-refractivity contribution in [2.75, 3.05) is 5.32 Å². The summed E-state index contributed by atoms with van der Waals surface area (Å²) < 4.78 is 0. The van der Waals surface area contributed by atoms with E-state index in [1.807, 2.05) is 0 Å². The zero-order valence-corrected chi connectivity index (χ0v) is 9.83. The number of phenols is 2. The molecular weight excluding hydrogens is 246 g/mol. The summed E-state index contributed by atoms with van der Waals surface area (Å²) in [6.45, 7) is 0. The number of phenolic OH excluding ortho intramolecular Hbond substituents is 2. The van der Waals surface area contributed by atoms with E-state index in [-0.39, 0.29) is 28.3 Å². The van der Waals surface area contributed by atoms with Gasteiger partial charge in [-0.15, -0.1) is 0 Å². The molecule has 0 atom stereocenters. The van der Waals surface area contributed by atoms with Crippen molar-refractivity contribution >= 4 is 17.9 Å². The van der Waals surface area contributed by atoms with Crippen LogP contribution >= 0.6 is 0 Å². The predicted octanol–water partition coefficient (Wildman–Crippen LogP) is 2.16. The molecule has 1 amide bonds. The first-order valence-electron chi connectivity index (χ1n) is 5.49. The summed E-state index contributed by atoms with van der Waals surface area (Å²) in [5.41, 5.74) is 0.507. The zero-order chi connectivity index (χ0) is 13.8. The Morgan fingerprint density at radius 3 is 2.53 bits per heavy atom. The highest BCUT2D eigenvalue weighted by molar-refractivity contribution is 6.08. The summed E-state index contributed by atoms with van der Waals surface area (Å²) in [7, 11) is 0. The van der Waals surface area contributed by atoms with Gasteiger partial charge in [-0.3, -0.25) is 9.59 Å². The fourth-order valence-corrected chi connectivity index (χ4v) is 1.61. The van der Waals surface area contributed by atoms with E-state index < -0.39 is 5.91 Å². The van der Waals surface area contributed by atoms with Crippen molar-refractivity contribution in [2.45, 2.75) is 0 Å². The summed E-state index contributed by atoms with van der Waals surface area (Å²) >= 11 is 0. The lowest BCUT2D eigenvalue weighted by Crippen LogP contribution is -2.13. The van der Waals surface area contributed by atoms with Crippen molar-refractivity contribution in [1.29, 1.82) is 0 Å². The number of hydrogen-bond donors (Lipinski definition) is 3. The van der Waals surface area contributed by atoms with Gasteiger partial charge in [-0.2, -0.15) is 0 Å². The van der Waals surface area contributed by atoms with Crippen molar-refractivity contribution in [3.05, 3.63) is 53.6 Å². The minimum Gasteiger partial charge on any atom is -0.508 e. The first-order chi connectivity index (χ1) is 9.11. The van der Waals surface area contributed by atoms with Crippen LogP contribution < -0.4 is 5.32 Å². The molecule has 0 fully saturated rings. The van der Waals surface area contributed by atoms with Crippen LogP contribution in [0, 0.1) is 0 Å². The Labute approximate surface area is 109 Å². The SMILES string of the molecule is O=Cc1ccc(O)cc1NC(=O)c1ccccc1O. The minimum atomic E-state index is -0.563. The zero-order valence-electron chi connectivity index (χ0n) is 9.83. The van der Waals surface area contributed by atoms with E-state index in [0.29, 0.717) is 6.29 Å². The average molecular weight is 257 g/mol. The van der Waals surface area contributed by atoms with Crippen LogP contribution in [-0.2, 0) is 0 Å². The van der Waals surface area contributed by atoms with E-state index in [0.717, 1.165) is 0 Å². The molecule has 0 radical (unpaired) electrons. The highest BCUT2D eigenvalue weighted by atomic mass is 16.3. The molecule has 0 unspecified atom stereocenters. The number of aromatic hydroxyl groups is 2. The van der Waals surface area contributed by atoms with Crippen molar-refractivity contribution in [3.8, 4) is 11.5 Å². The molecule has 0 aliphatic carbocycles. The molecule has 19 heavy (non-hydrogen) atoms. The number of aldehydes is 1. The van der Waals surface area contributed by atoms with E-state index in [1.165, 1.54) is 30.3 Å². The highest BCUT2D eigenvalue weighted by Gasteiger charge is 2.12. The van der Waals surface area contributed by atoms with Crippen LogP contribution in [0.3, 0.4) is 0 Å². The van der Waals surface area contributed by atoms with Gasteiger partial charge >= 0.3 is 0 Å². The summed E-state index contributed by atoms with van der Waals surface area (Å²) in [4.78, 5) is 22.8. The van der Waals surface area contributed by atoms with Gasteiger partial charge in [-0.1, -0.05) is 12.1 Å². The smallest absolute Gasteiger partial charge is 0.259 e. The normalized spacial score (nSPS) is 9.89. The van der Waals surface area contributed by atoms with Gasteiger partial charge in [0.2, 0.25) is 0 Å². The Bertz CT molecular complexity index is 637. The molecule has 3 N–H and O–H groups in total. The number of amides is 1. The second kappa shape index (κ2) is 5.22. The molecule has 0 aliphatic rings. The van der Waals surface area contributed by atoms with Gasteiger partial charge in [0.25, 0.3) is 5.91 Å². The van der Waals surface area contributed by atoms with Crippen molar-refractivity contribution < 1.29 is 19.8 Å². The third-order valence-corrected chi connectivity index (χ3v) is 2.56. The van der Waals surface area contributed by atoms with E-state index in [9.17, 15) is 19.8 Å². The molecule has 2 rings (SSSR count). The largest absolute Gasteiger partial charge is 0.508 e. The number of rotatable bonds is 3. The second-order valence-corrected chi connectivity index (χ2v) is 3.86. The number of hydrogen-bond acceptors (Lipinski definition) is 4. The maximum atomic E-state index is 11.9. The Balaban J connectivity index is 2.31. The number of carbonyl (C=O) groups is 2. The average Bonchev–Trinajstić information content (AvgIpc) is 2.39. The monoisotopic (exact) mass is 257 g/mol. The van der Waals surface area contributed by atoms with E-state index in [2.05, 4.69) is 5.32 Å². The maximum absolute atomic E-state index is 11.9. The first-order valence-corrected chi connectivity index (χ1v) is 5.49. The Hall–Kier alpha value is -2.82. The summed E-state index contributed by atoms with van der Waals surface area (Å²) in [5, 5.41) is 21.4. The topological polar surface area (TPSA) is 86.6 Å². The lowest BCUT2D eigenvalue weighted by atomic mass is 10.1. The molecule has 0 aromatic heterocycles. The predicted molar refractivity (Wildman–Crippen MR) is 69.6 cm³/mol. The lowest BCUT2D eigenvalue weighted by Gasteiger charge is -2.09. The van der Waals surface area contributed by atoms with Crippen molar-refractivity contribution in [1.82, 2.24) is 0 Å². The lowest BCUT2D eigenvalue weighted by molar-refractivity contribution is 0.102. The van der Waals surface area contributed by atoms with E-state index >= 15 is 0 Å². The number of carbonyl (C=O) groups excluding carboxylic acids is 2. The summed E-state index contributed by atoms with van der Waals surface area (Å²) in [5.74, 6) is -0.794. The van der Waals surface area contributed by atoms with Crippen LogP contribution in [0.15, 0.2) is 42.5 Å². The molecule has 5 nitrogen and oxygen atoms in total. The fraction of sp³-hybridized carbons (Fsp3) is 0. The van der Waals surface area contributed by atoms with E-state index in [1.54, 1.807) is 12.1 Å². The maximum Gasteiger partial charge on any atom is 0.259 e. The van der Waals surface area contributed by atoms with Gasteiger partial charge in [-0.05, 0) is 24.3 Å². The Morgan fingerprint density at radius 1 is 1.11 bits per heavy atom. The van der Waals surface area contributed by atoms with Crippen molar-refractivity contribution in [2.24, 2.45) is 0 Å². The van der Waals surface area contributed by atoms with Gasteiger partial charge in [0.05, 0.1) is 11.3 Å². The molecule has 2 aromatic carbocycles. The molecule has 0 saturated carbocycles. The fourth-order valence-electron chi connectivity index (χ4n) is 1.61. The van der Waals surface area contributed by atoms with Gasteiger partial charge in [0.1, 0.15) is 11.5 Å². The van der Waals surface area contributed by atoms with E-state index in [4.69, 9.17) is 0 Å². The second-order valence-electron chi connectivity index (χ2n) is 3.86. The van der Waals surface area contributed by atoms with Crippen LogP contribution in [0.2, 0.25) is 0 Å². The molecule has 96 valence electrons. The molecule has 0 aliphatic heterocycles. The first kappa shape index (κ1) is 12.6. The molecule has 0 saturated heterocycles. The molecule has 2 aromatic rings. The molecule has 0 bridgehead atoms. The van der Waals surface area contributed by atoms with Crippen LogP contribution in [0.5, 0.6) is 11.5 Å². The van der Waals surface area contributed by atoms with Crippen LogP contribution in [-0.4, -0.2) is 22.4 Å². The molecule has 0 spiro atoms. The quantitative estimate of drug-likeness (QED) is 0.735. The number of para-hydroxylation sites is 1.